The molecule has 102 valence electrons. The molecule has 3 N–H and O–H groups in total. The Morgan fingerprint density at radius 1 is 1.15 bits per heavy atom. The Bertz CT molecular complexity index is 733. The van der Waals surface area contributed by atoms with Crippen molar-refractivity contribution in [1.82, 2.24) is 19.9 Å². The van der Waals surface area contributed by atoms with E-state index in [0.29, 0.717) is 0 Å². The zero-order valence-corrected chi connectivity index (χ0v) is 11.4. The molecule has 0 aliphatic rings. The fraction of sp³-hybridized carbons (Fsp3) is 0.214. The van der Waals surface area contributed by atoms with Gasteiger partial charge in [0, 0.05) is 18.3 Å². The van der Waals surface area contributed by atoms with E-state index in [1.165, 1.54) is 0 Å². The maximum atomic E-state index is 4.38. The number of H-pyrrole nitrogens is 1. The third-order valence-corrected chi connectivity index (χ3v) is 2.90. The number of aromatic nitrogens is 4. The van der Waals surface area contributed by atoms with E-state index in [-0.39, 0.29) is 0 Å². The fourth-order valence-electron chi connectivity index (χ4n) is 2.07. The third-order valence-electron chi connectivity index (χ3n) is 2.90. The Labute approximate surface area is 116 Å². The van der Waals surface area contributed by atoms with Crippen molar-refractivity contribution < 1.29 is 0 Å². The number of hydrogen-bond donors (Lipinski definition) is 3. The number of imidazole rings is 1. The predicted octanol–water partition coefficient (Wildman–Crippen LogP) is 2.84. The number of benzene rings is 1. The highest BCUT2D eigenvalue weighted by molar-refractivity contribution is 5.80. The highest BCUT2D eigenvalue weighted by Gasteiger charge is 2.02. The summed E-state index contributed by atoms with van der Waals surface area (Å²) in [4.78, 5) is 16.0. The average Bonchev–Trinajstić information content (AvgIpc) is 2.79. The molecular formula is C14H16N6. The van der Waals surface area contributed by atoms with E-state index in [0.717, 1.165) is 40.7 Å². The van der Waals surface area contributed by atoms with Crippen LogP contribution < -0.4 is 10.6 Å². The summed E-state index contributed by atoms with van der Waals surface area (Å²) in [5.74, 6) is 2.48. The number of aromatic amines is 1. The molecule has 0 spiro atoms. The van der Waals surface area contributed by atoms with Crippen LogP contribution in [0.25, 0.3) is 11.0 Å². The number of fused-ring (bicyclic) bond motifs is 1. The molecule has 3 rings (SSSR count). The Hall–Kier alpha value is -2.63. The summed E-state index contributed by atoms with van der Waals surface area (Å²) in [5, 5.41) is 6.42. The summed E-state index contributed by atoms with van der Waals surface area (Å²) in [7, 11) is 0. The molecule has 3 aromatic rings. The summed E-state index contributed by atoms with van der Waals surface area (Å²) in [5.41, 5.74) is 2.93. The normalized spacial score (nSPS) is 10.7. The summed E-state index contributed by atoms with van der Waals surface area (Å²) in [6, 6.07) is 7.86. The van der Waals surface area contributed by atoms with Crippen LogP contribution in [0.3, 0.4) is 0 Å². The van der Waals surface area contributed by atoms with Crippen LogP contribution in [-0.4, -0.2) is 26.5 Å². The van der Waals surface area contributed by atoms with Crippen molar-refractivity contribution in [3.8, 4) is 0 Å². The van der Waals surface area contributed by atoms with Gasteiger partial charge in [-0.25, -0.2) is 15.0 Å². The van der Waals surface area contributed by atoms with Gasteiger partial charge in [0.15, 0.2) is 0 Å². The molecule has 0 saturated heterocycles. The Morgan fingerprint density at radius 2 is 2.00 bits per heavy atom. The molecule has 2 heterocycles. The summed E-state index contributed by atoms with van der Waals surface area (Å²) in [6.07, 6.45) is 1.54. The van der Waals surface area contributed by atoms with Gasteiger partial charge in [-0.05, 0) is 32.0 Å². The van der Waals surface area contributed by atoms with E-state index in [1.807, 2.05) is 38.1 Å². The van der Waals surface area contributed by atoms with Crippen LogP contribution in [0.5, 0.6) is 0 Å². The number of anilines is 3. The van der Waals surface area contributed by atoms with Gasteiger partial charge < -0.3 is 15.6 Å². The zero-order valence-electron chi connectivity index (χ0n) is 11.4. The minimum absolute atomic E-state index is 0.756. The largest absolute Gasteiger partial charge is 0.370 e. The van der Waals surface area contributed by atoms with Gasteiger partial charge in [-0.15, -0.1) is 0 Å². The van der Waals surface area contributed by atoms with Crippen molar-refractivity contribution in [1.29, 1.82) is 0 Å². The standard InChI is InChI=1S/C14H16N6/c1-3-15-13-7-14(17-8-16-13)20-10-4-5-11-12(6-10)19-9(2)18-11/h4-8H,3H2,1-2H3,(H,18,19)(H2,15,16,17,20). The van der Waals surface area contributed by atoms with Gasteiger partial charge in [0.25, 0.3) is 0 Å². The minimum Gasteiger partial charge on any atom is -0.370 e. The molecule has 0 amide bonds. The first kappa shape index (κ1) is 12.4. The molecule has 0 atom stereocenters. The third kappa shape index (κ3) is 2.54. The van der Waals surface area contributed by atoms with E-state index in [4.69, 9.17) is 0 Å². The SMILES string of the molecule is CCNc1cc(Nc2ccc3nc(C)[nH]c3c2)ncn1. The van der Waals surface area contributed by atoms with Gasteiger partial charge >= 0.3 is 0 Å². The Morgan fingerprint density at radius 3 is 2.85 bits per heavy atom. The van der Waals surface area contributed by atoms with Crippen molar-refractivity contribution in [3.05, 3.63) is 36.4 Å². The topological polar surface area (TPSA) is 78.5 Å². The molecule has 6 heteroatoms. The second-order valence-corrected chi connectivity index (χ2v) is 4.50. The summed E-state index contributed by atoms with van der Waals surface area (Å²) in [6.45, 7) is 4.81. The monoisotopic (exact) mass is 268 g/mol. The molecule has 2 aromatic heterocycles. The quantitative estimate of drug-likeness (QED) is 0.678. The molecule has 1 aromatic carbocycles. The number of aryl methyl sites for hydroxylation is 1. The first-order valence-corrected chi connectivity index (χ1v) is 6.54. The van der Waals surface area contributed by atoms with Crippen molar-refractivity contribution in [2.24, 2.45) is 0 Å². The number of rotatable bonds is 4. The Kier molecular flexibility index (Phi) is 3.20. The molecule has 6 nitrogen and oxygen atoms in total. The summed E-state index contributed by atoms with van der Waals surface area (Å²) >= 11 is 0. The van der Waals surface area contributed by atoms with Crippen LogP contribution in [0.4, 0.5) is 17.3 Å². The molecule has 0 fully saturated rings. The zero-order chi connectivity index (χ0) is 13.9. The van der Waals surface area contributed by atoms with E-state index >= 15 is 0 Å². The van der Waals surface area contributed by atoms with Crippen LogP contribution in [0.1, 0.15) is 12.7 Å². The van der Waals surface area contributed by atoms with Gasteiger partial charge in [-0.2, -0.15) is 0 Å². The van der Waals surface area contributed by atoms with Crippen LogP contribution >= 0.6 is 0 Å². The number of hydrogen-bond acceptors (Lipinski definition) is 5. The van der Waals surface area contributed by atoms with E-state index < -0.39 is 0 Å². The molecule has 0 unspecified atom stereocenters. The maximum absolute atomic E-state index is 4.38. The van der Waals surface area contributed by atoms with Crippen LogP contribution in [0, 0.1) is 6.92 Å². The van der Waals surface area contributed by atoms with E-state index in [1.54, 1.807) is 6.33 Å². The molecule has 0 saturated carbocycles. The molecule has 0 aliphatic carbocycles. The molecule has 20 heavy (non-hydrogen) atoms. The van der Waals surface area contributed by atoms with Gasteiger partial charge in [-0.1, -0.05) is 0 Å². The lowest BCUT2D eigenvalue weighted by atomic mass is 10.3. The highest BCUT2D eigenvalue weighted by atomic mass is 15.1. The highest BCUT2D eigenvalue weighted by Crippen LogP contribution is 2.20. The lowest BCUT2D eigenvalue weighted by Gasteiger charge is -2.07. The first-order valence-electron chi connectivity index (χ1n) is 6.54. The maximum Gasteiger partial charge on any atom is 0.135 e. The first-order chi connectivity index (χ1) is 9.74. The van der Waals surface area contributed by atoms with Gasteiger partial charge in [0.1, 0.15) is 23.8 Å². The van der Waals surface area contributed by atoms with Crippen LogP contribution in [0.2, 0.25) is 0 Å². The van der Waals surface area contributed by atoms with Crippen molar-refractivity contribution >= 4 is 28.4 Å². The average molecular weight is 268 g/mol. The lowest BCUT2D eigenvalue weighted by Crippen LogP contribution is -2.01. The number of nitrogens with one attached hydrogen (secondary N) is 3. The molecule has 0 aliphatic heterocycles. The van der Waals surface area contributed by atoms with Gasteiger partial charge in [0.05, 0.1) is 11.0 Å². The van der Waals surface area contributed by atoms with Crippen LogP contribution in [0.15, 0.2) is 30.6 Å². The van der Waals surface area contributed by atoms with Crippen molar-refractivity contribution in [2.75, 3.05) is 17.2 Å². The molecular weight excluding hydrogens is 252 g/mol. The smallest absolute Gasteiger partial charge is 0.135 e. The Balaban J connectivity index is 1.86. The number of nitrogens with zero attached hydrogens (tertiary/aromatic N) is 3. The predicted molar refractivity (Wildman–Crippen MR) is 80.3 cm³/mol. The lowest BCUT2D eigenvalue weighted by molar-refractivity contribution is 1.11. The minimum atomic E-state index is 0.756. The van der Waals surface area contributed by atoms with Gasteiger partial charge in [0.2, 0.25) is 0 Å². The van der Waals surface area contributed by atoms with Crippen molar-refractivity contribution in [3.63, 3.8) is 0 Å². The van der Waals surface area contributed by atoms with Crippen molar-refractivity contribution in [2.45, 2.75) is 13.8 Å². The summed E-state index contributed by atoms with van der Waals surface area (Å²) < 4.78 is 0. The second kappa shape index (κ2) is 5.16. The van der Waals surface area contributed by atoms with Gasteiger partial charge in [-0.3, -0.25) is 0 Å². The second-order valence-electron chi connectivity index (χ2n) is 4.50. The molecule has 0 bridgehead atoms. The molecule has 0 radical (unpaired) electrons. The van der Waals surface area contributed by atoms with Crippen LogP contribution in [-0.2, 0) is 0 Å². The fourth-order valence-corrected chi connectivity index (χ4v) is 2.07. The van der Waals surface area contributed by atoms with E-state index in [2.05, 4.69) is 30.6 Å². The van der Waals surface area contributed by atoms with E-state index in [9.17, 15) is 0 Å².